The van der Waals surface area contributed by atoms with Gasteiger partial charge in [0.05, 0.1) is 16.6 Å². The number of aromatic nitrogens is 6. The van der Waals surface area contributed by atoms with Crippen molar-refractivity contribution >= 4 is 72.1 Å². The molecule has 0 aliphatic heterocycles. The molecule has 0 aliphatic carbocycles. The minimum atomic E-state index is -0.455. The summed E-state index contributed by atoms with van der Waals surface area (Å²) < 4.78 is 6.33. The van der Waals surface area contributed by atoms with E-state index >= 15 is 0 Å². The molecule has 0 aliphatic rings. The van der Waals surface area contributed by atoms with Gasteiger partial charge in [-0.25, -0.2) is 15.3 Å². The summed E-state index contributed by atoms with van der Waals surface area (Å²) in [6.45, 7) is 6.46. The molecule has 0 fully saturated rings. The van der Waals surface area contributed by atoms with E-state index in [0.29, 0.717) is 0 Å². The van der Waals surface area contributed by atoms with E-state index in [4.69, 9.17) is 15.3 Å². The molecular formula is C36H27BN6-. The summed E-state index contributed by atoms with van der Waals surface area (Å²) in [6, 6.07) is 38.5. The molecule has 9 rings (SSSR count). The van der Waals surface area contributed by atoms with E-state index in [-0.39, 0.29) is 0 Å². The van der Waals surface area contributed by atoms with Crippen LogP contribution in [0.25, 0.3) is 65.0 Å². The predicted octanol–water partition coefficient (Wildman–Crippen LogP) is 8.05. The zero-order chi connectivity index (χ0) is 28.8. The van der Waals surface area contributed by atoms with Crippen molar-refractivity contribution < 1.29 is 0 Å². The Morgan fingerprint density at radius 2 is 0.674 bits per heavy atom. The minimum Gasteiger partial charge on any atom is -0.421 e. The number of benzene rings is 6. The lowest BCUT2D eigenvalue weighted by Crippen LogP contribution is -2.45. The number of nitrogens with zero attached hydrogens (tertiary/aromatic N) is 6. The van der Waals surface area contributed by atoms with Gasteiger partial charge < -0.3 is 13.8 Å². The lowest BCUT2D eigenvalue weighted by atomic mass is 9.92. The molecule has 205 valence electrons. The fourth-order valence-corrected chi connectivity index (χ4v) is 6.87. The van der Waals surface area contributed by atoms with E-state index in [1.165, 1.54) is 16.2 Å². The van der Waals surface area contributed by atoms with E-state index in [0.717, 1.165) is 65.9 Å². The topological polar surface area (TPSA) is 53.5 Å². The summed E-state index contributed by atoms with van der Waals surface area (Å²) in [7, 11) is -0.455. The molecule has 9 aromatic rings. The van der Waals surface area contributed by atoms with Crippen molar-refractivity contribution in [2.24, 2.45) is 0 Å². The summed E-state index contributed by atoms with van der Waals surface area (Å²) in [5.41, 5.74) is 6.16. The monoisotopic (exact) mass is 554 g/mol. The standard InChI is InChI=1S/C36H27BN6/c1-22-28-19-16-25-10-4-7-13-31(25)34(28)38-41(22)37(42-23(2)29-20-17-26-11-5-8-14-32(26)35(29)39-42)43-24(3)30-21-18-27-12-6-9-15-33(27)36(30)40-43/h4-21H,1-3H3/q-1. The van der Waals surface area contributed by atoms with E-state index in [2.05, 4.69) is 144 Å². The predicted molar refractivity (Wildman–Crippen MR) is 178 cm³/mol. The summed E-state index contributed by atoms with van der Waals surface area (Å²) in [6.07, 6.45) is 0. The Morgan fingerprint density at radius 1 is 0.372 bits per heavy atom. The molecule has 0 N–H and O–H groups in total. The first-order chi connectivity index (χ1) is 21.1. The van der Waals surface area contributed by atoms with Crippen LogP contribution >= 0.6 is 0 Å². The van der Waals surface area contributed by atoms with Gasteiger partial charge in [-0.1, -0.05) is 109 Å². The number of hydrogen-bond acceptors (Lipinski definition) is 3. The molecule has 0 saturated carbocycles. The van der Waals surface area contributed by atoms with Gasteiger partial charge >= 0.3 is 0 Å². The average molecular weight is 554 g/mol. The molecule has 0 amide bonds. The van der Waals surface area contributed by atoms with Gasteiger partial charge in [-0.05, 0) is 36.9 Å². The molecule has 0 atom stereocenters. The van der Waals surface area contributed by atoms with Crippen LogP contribution in [0.5, 0.6) is 0 Å². The molecule has 7 heteroatoms. The van der Waals surface area contributed by atoms with E-state index < -0.39 is 7.12 Å². The maximum Gasteiger partial charge on any atom is 0.261 e. The van der Waals surface area contributed by atoms with Gasteiger partial charge in [0.25, 0.3) is 7.12 Å². The van der Waals surface area contributed by atoms with Gasteiger partial charge in [0.2, 0.25) is 0 Å². The molecule has 43 heavy (non-hydrogen) atoms. The summed E-state index contributed by atoms with van der Waals surface area (Å²) in [5, 5.41) is 26.3. The second-order valence-electron chi connectivity index (χ2n) is 11.5. The molecular weight excluding hydrogens is 527 g/mol. The van der Waals surface area contributed by atoms with Gasteiger partial charge in [0.1, 0.15) is 0 Å². The smallest absolute Gasteiger partial charge is 0.261 e. The number of aryl methyl sites for hydroxylation is 3. The lowest BCUT2D eigenvalue weighted by molar-refractivity contribution is 0.753. The number of hydrogen-bond donors (Lipinski definition) is 0. The third-order valence-electron chi connectivity index (χ3n) is 9.18. The Balaban J connectivity index is 1.40. The molecule has 0 spiro atoms. The highest BCUT2D eigenvalue weighted by Gasteiger charge is 2.22. The first-order valence-electron chi connectivity index (χ1n) is 14.7. The van der Waals surface area contributed by atoms with Crippen molar-refractivity contribution in [3.63, 3.8) is 0 Å². The third-order valence-corrected chi connectivity index (χ3v) is 9.18. The zero-order valence-electron chi connectivity index (χ0n) is 24.2. The summed E-state index contributed by atoms with van der Waals surface area (Å²) in [5.74, 6) is 0. The molecule has 1 radical (unpaired) electrons. The van der Waals surface area contributed by atoms with Crippen LogP contribution in [0.4, 0.5) is 0 Å². The normalized spacial score (nSPS) is 12.3. The van der Waals surface area contributed by atoms with Crippen LogP contribution in [0.2, 0.25) is 0 Å². The quantitative estimate of drug-likeness (QED) is 0.208. The van der Waals surface area contributed by atoms with Gasteiger partial charge in [-0.2, -0.15) is 0 Å². The molecule has 6 aromatic carbocycles. The van der Waals surface area contributed by atoms with Crippen molar-refractivity contribution in [3.05, 3.63) is 126 Å². The lowest BCUT2D eigenvalue weighted by Gasteiger charge is -2.33. The van der Waals surface area contributed by atoms with Crippen LogP contribution < -0.4 is 0 Å². The van der Waals surface area contributed by atoms with Crippen LogP contribution in [0.1, 0.15) is 17.1 Å². The minimum absolute atomic E-state index is 0.455. The van der Waals surface area contributed by atoms with E-state index in [9.17, 15) is 0 Å². The highest BCUT2D eigenvalue weighted by molar-refractivity contribution is 6.54. The second-order valence-corrected chi connectivity index (χ2v) is 11.5. The number of fused-ring (bicyclic) bond motifs is 9. The first-order valence-corrected chi connectivity index (χ1v) is 14.7. The SMILES string of the molecule is Cc1c2ccc3ccccc3c2nn1[B-](n1nc2c(ccc3ccccc32)c1C)n1nc2c(ccc3ccccc32)c1C. The number of rotatable bonds is 3. The van der Waals surface area contributed by atoms with Gasteiger partial charge in [-0.15, -0.1) is 0 Å². The molecule has 3 heterocycles. The second kappa shape index (κ2) is 8.79. The largest absolute Gasteiger partial charge is 0.421 e. The van der Waals surface area contributed by atoms with Gasteiger partial charge in [0.15, 0.2) is 0 Å². The Kier molecular flexibility index (Phi) is 4.95. The maximum atomic E-state index is 5.34. The maximum absolute atomic E-state index is 5.34. The van der Waals surface area contributed by atoms with Crippen molar-refractivity contribution in [2.75, 3.05) is 0 Å². The molecule has 0 unspecified atom stereocenters. The van der Waals surface area contributed by atoms with Crippen LogP contribution in [0.15, 0.2) is 109 Å². The third kappa shape index (κ3) is 3.33. The van der Waals surface area contributed by atoms with Crippen molar-refractivity contribution in [1.29, 1.82) is 0 Å². The summed E-state index contributed by atoms with van der Waals surface area (Å²) in [4.78, 5) is 0. The highest BCUT2D eigenvalue weighted by atomic mass is 15.5. The molecule has 6 nitrogen and oxygen atoms in total. The van der Waals surface area contributed by atoms with Crippen LogP contribution in [0.3, 0.4) is 0 Å². The van der Waals surface area contributed by atoms with Crippen LogP contribution in [-0.4, -0.2) is 36.2 Å². The Labute approximate surface area is 247 Å². The van der Waals surface area contributed by atoms with E-state index in [1.54, 1.807) is 0 Å². The van der Waals surface area contributed by atoms with Crippen LogP contribution in [-0.2, 0) is 0 Å². The molecule has 0 saturated heterocycles. The fourth-order valence-electron chi connectivity index (χ4n) is 6.87. The molecule has 3 aromatic heterocycles. The van der Waals surface area contributed by atoms with Crippen molar-refractivity contribution in [2.45, 2.75) is 20.8 Å². The Hall–Kier alpha value is -5.43. The average Bonchev–Trinajstić information content (AvgIpc) is 3.69. The van der Waals surface area contributed by atoms with Crippen molar-refractivity contribution in [3.8, 4) is 0 Å². The van der Waals surface area contributed by atoms with Crippen molar-refractivity contribution in [1.82, 2.24) is 29.1 Å². The van der Waals surface area contributed by atoms with E-state index in [1.807, 2.05) is 0 Å². The Bertz CT molecular complexity index is 2280. The van der Waals surface area contributed by atoms with Gasteiger partial charge in [0, 0.05) is 49.4 Å². The van der Waals surface area contributed by atoms with Crippen LogP contribution in [0, 0.1) is 20.8 Å². The first kappa shape index (κ1) is 24.2. The highest BCUT2D eigenvalue weighted by Crippen LogP contribution is 2.32. The molecule has 0 bridgehead atoms. The zero-order valence-corrected chi connectivity index (χ0v) is 24.2. The summed E-state index contributed by atoms with van der Waals surface area (Å²) >= 11 is 0. The fraction of sp³-hybridized carbons (Fsp3) is 0.0833. The Morgan fingerprint density at radius 3 is 1.00 bits per heavy atom. The van der Waals surface area contributed by atoms with Gasteiger partial charge in [-0.3, -0.25) is 0 Å².